The van der Waals surface area contributed by atoms with Crippen LogP contribution < -0.4 is 5.32 Å². The molecular weight excluding hydrogens is 234 g/mol. The van der Waals surface area contributed by atoms with E-state index < -0.39 is 9.84 Å². The molecule has 0 spiro atoms. The van der Waals surface area contributed by atoms with Gasteiger partial charge in [0.15, 0.2) is 9.84 Å². The van der Waals surface area contributed by atoms with Gasteiger partial charge < -0.3 is 5.32 Å². The van der Waals surface area contributed by atoms with Gasteiger partial charge in [-0.25, -0.2) is 8.42 Å². The van der Waals surface area contributed by atoms with Gasteiger partial charge in [-0.2, -0.15) is 0 Å². The van der Waals surface area contributed by atoms with Crippen LogP contribution in [0.15, 0.2) is 29.2 Å². The first-order valence-corrected chi connectivity index (χ1v) is 7.72. The van der Waals surface area contributed by atoms with E-state index in [9.17, 15) is 8.42 Å². The zero-order valence-corrected chi connectivity index (χ0v) is 11.3. The molecule has 1 aromatic rings. The smallest absolute Gasteiger partial charge is 0.175 e. The van der Waals surface area contributed by atoms with E-state index in [1.165, 1.54) is 12.7 Å². The third kappa shape index (κ3) is 3.00. The van der Waals surface area contributed by atoms with Gasteiger partial charge in [-0.1, -0.05) is 13.8 Å². The topological polar surface area (TPSA) is 46.2 Å². The summed E-state index contributed by atoms with van der Waals surface area (Å²) in [5.74, 6) is 0.733. The Hall–Kier alpha value is -1.03. The standard InChI is InChI=1S/C13H19NO2S/c1-13(2)8-10(13)9-14-11-4-6-12(7-5-11)17(3,15)16/h4-7,10,14H,8-9H2,1-3H3. The van der Waals surface area contributed by atoms with Gasteiger partial charge in [0.2, 0.25) is 0 Å². The molecule has 17 heavy (non-hydrogen) atoms. The van der Waals surface area contributed by atoms with Crippen molar-refractivity contribution < 1.29 is 8.42 Å². The van der Waals surface area contributed by atoms with Crippen molar-refractivity contribution in [3.05, 3.63) is 24.3 Å². The average Bonchev–Trinajstić information content (AvgIpc) is 2.83. The van der Waals surface area contributed by atoms with Crippen molar-refractivity contribution in [1.82, 2.24) is 0 Å². The normalized spacial score (nSPS) is 22.2. The molecule has 0 bridgehead atoms. The summed E-state index contributed by atoms with van der Waals surface area (Å²) in [6.07, 6.45) is 2.49. The van der Waals surface area contributed by atoms with E-state index in [4.69, 9.17) is 0 Å². The minimum absolute atomic E-state index is 0.370. The molecule has 1 N–H and O–H groups in total. The van der Waals surface area contributed by atoms with E-state index in [0.717, 1.165) is 18.2 Å². The number of hydrogen-bond donors (Lipinski definition) is 1. The van der Waals surface area contributed by atoms with E-state index in [2.05, 4.69) is 19.2 Å². The molecule has 0 amide bonds. The van der Waals surface area contributed by atoms with Crippen LogP contribution in [0, 0.1) is 11.3 Å². The molecule has 1 fully saturated rings. The summed E-state index contributed by atoms with van der Waals surface area (Å²) in [6, 6.07) is 6.95. The third-order valence-corrected chi connectivity index (χ3v) is 4.68. The molecule has 0 aliphatic heterocycles. The van der Waals surface area contributed by atoms with E-state index in [1.807, 2.05) is 12.1 Å². The molecule has 0 radical (unpaired) electrons. The lowest BCUT2D eigenvalue weighted by Gasteiger charge is -2.08. The van der Waals surface area contributed by atoms with Gasteiger partial charge in [0.1, 0.15) is 0 Å². The molecule has 1 unspecified atom stereocenters. The van der Waals surface area contributed by atoms with Crippen LogP contribution in [-0.4, -0.2) is 21.2 Å². The highest BCUT2D eigenvalue weighted by atomic mass is 32.2. The van der Waals surface area contributed by atoms with E-state index in [-0.39, 0.29) is 0 Å². The van der Waals surface area contributed by atoms with E-state index in [1.54, 1.807) is 12.1 Å². The highest BCUT2D eigenvalue weighted by molar-refractivity contribution is 7.90. The van der Waals surface area contributed by atoms with Crippen molar-refractivity contribution in [2.75, 3.05) is 18.1 Å². The second kappa shape index (κ2) is 4.02. The van der Waals surface area contributed by atoms with Crippen LogP contribution in [-0.2, 0) is 9.84 Å². The zero-order chi connectivity index (χ0) is 12.7. The second-order valence-corrected chi connectivity index (χ2v) is 7.58. The Kier molecular flexibility index (Phi) is 2.94. The fourth-order valence-corrected chi connectivity index (χ4v) is 2.62. The second-order valence-electron chi connectivity index (χ2n) is 5.57. The van der Waals surface area contributed by atoms with E-state index in [0.29, 0.717) is 10.3 Å². The van der Waals surface area contributed by atoms with Crippen molar-refractivity contribution in [2.45, 2.75) is 25.2 Å². The molecule has 1 aromatic carbocycles. The van der Waals surface area contributed by atoms with Crippen molar-refractivity contribution in [3.63, 3.8) is 0 Å². The van der Waals surface area contributed by atoms with Gasteiger partial charge in [-0.3, -0.25) is 0 Å². The molecule has 1 saturated carbocycles. The Labute approximate surface area is 103 Å². The van der Waals surface area contributed by atoms with Crippen LogP contribution in [0.2, 0.25) is 0 Å². The molecular formula is C13H19NO2S. The number of hydrogen-bond acceptors (Lipinski definition) is 3. The maximum atomic E-state index is 11.3. The quantitative estimate of drug-likeness (QED) is 0.897. The Morgan fingerprint density at radius 2 is 1.82 bits per heavy atom. The van der Waals surface area contributed by atoms with Gasteiger partial charge in [0.05, 0.1) is 4.90 Å². The number of benzene rings is 1. The number of sulfone groups is 1. The molecule has 4 heteroatoms. The Bertz CT molecular complexity index is 503. The van der Waals surface area contributed by atoms with Crippen molar-refractivity contribution in [2.24, 2.45) is 11.3 Å². The van der Waals surface area contributed by atoms with E-state index >= 15 is 0 Å². The Balaban J connectivity index is 1.95. The molecule has 94 valence electrons. The average molecular weight is 253 g/mol. The molecule has 0 heterocycles. The van der Waals surface area contributed by atoms with Gasteiger partial charge in [-0.15, -0.1) is 0 Å². The summed E-state index contributed by atoms with van der Waals surface area (Å²) in [7, 11) is -3.08. The zero-order valence-electron chi connectivity index (χ0n) is 10.5. The molecule has 1 aliphatic carbocycles. The lowest BCUT2D eigenvalue weighted by Crippen LogP contribution is -2.07. The van der Waals surface area contributed by atoms with Crippen LogP contribution in [0.25, 0.3) is 0 Å². The highest BCUT2D eigenvalue weighted by Crippen LogP contribution is 2.51. The summed E-state index contributed by atoms with van der Waals surface area (Å²) in [4.78, 5) is 0.370. The fraction of sp³-hybridized carbons (Fsp3) is 0.538. The van der Waals surface area contributed by atoms with Crippen molar-refractivity contribution in [3.8, 4) is 0 Å². The predicted octanol–water partition coefficient (Wildman–Crippen LogP) is 2.55. The molecule has 1 aliphatic rings. The maximum Gasteiger partial charge on any atom is 0.175 e. The number of rotatable bonds is 4. The lowest BCUT2D eigenvalue weighted by atomic mass is 10.1. The summed E-state index contributed by atoms with van der Waals surface area (Å²) < 4.78 is 22.6. The predicted molar refractivity (Wildman–Crippen MR) is 69.9 cm³/mol. The maximum absolute atomic E-state index is 11.3. The number of anilines is 1. The monoisotopic (exact) mass is 253 g/mol. The molecule has 3 nitrogen and oxygen atoms in total. The largest absolute Gasteiger partial charge is 0.385 e. The number of nitrogens with one attached hydrogen (secondary N) is 1. The third-order valence-electron chi connectivity index (χ3n) is 3.55. The molecule has 0 aromatic heterocycles. The van der Waals surface area contributed by atoms with Crippen LogP contribution in [0.3, 0.4) is 0 Å². The summed E-state index contributed by atoms with van der Waals surface area (Å²) in [6.45, 7) is 5.50. The first-order chi connectivity index (χ1) is 7.79. The SMILES string of the molecule is CC1(C)CC1CNc1ccc(S(C)(=O)=O)cc1. The lowest BCUT2D eigenvalue weighted by molar-refractivity contribution is 0.573. The first kappa shape index (κ1) is 12.4. The van der Waals surface area contributed by atoms with Crippen molar-refractivity contribution >= 4 is 15.5 Å². The Morgan fingerprint density at radius 1 is 1.29 bits per heavy atom. The van der Waals surface area contributed by atoms with Gasteiger partial charge >= 0.3 is 0 Å². The summed E-state index contributed by atoms with van der Waals surface area (Å²) >= 11 is 0. The van der Waals surface area contributed by atoms with Gasteiger partial charge in [-0.05, 0) is 42.0 Å². The van der Waals surface area contributed by atoms with Crippen LogP contribution in [0.5, 0.6) is 0 Å². The fourth-order valence-electron chi connectivity index (χ4n) is 1.99. The summed E-state index contributed by atoms with van der Waals surface area (Å²) in [5, 5.41) is 3.35. The molecule has 2 rings (SSSR count). The Morgan fingerprint density at radius 3 is 2.24 bits per heavy atom. The van der Waals surface area contributed by atoms with Crippen molar-refractivity contribution in [1.29, 1.82) is 0 Å². The highest BCUT2D eigenvalue weighted by Gasteiger charge is 2.44. The minimum Gasteiger partial charge on any atom is -0.385 e. The van der Waals surface area contributed by atoms with Gasteiger partial charge in [0, 0.05) is 18.5 Å². The minimum atomic E-state index is -3.08. The van der Waals surface area contributed by atoms with Gasteiger partial charge in [0.25, 0.3) is 0 Å². The summed E-state index contributed by atoms with van der Waals surface area (Å²) in [5.41, 5.74) is 1.46. The van der Waals surface area contributed by atoms with Crippen LogP contribution >= 0.6 is 0 Å². The van der Waals surface area contributed by atoms with Crippen LogP contribution in [0.1, 0.15) is 20.3 Å². The molecule has 0 saturated heterocycles. The molecule has 1 atom stereocenters. The first-order valence-electron chi connectivity index (χ1n) is 5.83. The van der Waals surface area contributed by atoms with Crippen LogP contribution in [0.4, 0.5) is 5.69 Å².